The van der Waals surface area contributed by atoms with Crippen LogP contribution in [0.5, 0.6) is 0 Å². The van der Waals surface area contributed by atoms with Gasteiger partial charge in [-0.15, -0.1) is 0 Å². The van der Waals surface area contributed by atoms with Gasteiger partial charge in [0, 0.05) is 58.1 Å². The predicted octanol–water partition coefficient (Wildman–Crippen LogP) is 2.15. The van der Waals surface area contributed by atoms with Gasteiger partial charge in [0.05, 0.1) is 0 Å². The molecule has 9 nitrogen and oxygen atoms in total. The Balaban J connectivity index is 1.62. The zero-order valence-corrected chi connectivity index (χ0v) is 17.3. The number of rotatable bonds is 11. The summed E-state index contributed by atoms with van der Waals surface area (Å²) < 4.78 is 0. The average Bonchev–Trinajstić information content (AvgIpc) is 3.16. The standard InChI is InChI=1S/C20H30N8O/c1-3-27(4-2)20-25-18(22-11-7-13-28-12-6-9-17(28)29)24-19(26-20)23-15-16-8-5-10-21-14-16/h5,8,10,14H,3-4,6-7,9,11-13,15H2,1-2H3,(H2,22,23,24,25,26). The van der Waals surface area contributed by atoms with Gasteiger partial charge >= 0.3 is 0 Å². The smallest absolute Gasteiger partial charge is 0.231 e. The van der Waals surface area contributed by atoms with E-state index in [9.17, 15) is 4.79 Å². The Bertz CT molecular complexity index is 781. The SMILES string of the molecule is CCN(CC)c1nc(NCCCN2CCCC2=O)nc(NCc2cccnc2)n1. The Hall–Kier alpha value is -2.97. The van der Waals surface area contributed by atoms with Gasteiger partial charge in [-0.3, -0.25) is 9.78 Å². The fourth-order valence-electron chi connectivity index (χ4n) is 3.27. The highest BCUT2D eigenvalue weighted by Gasteiger charge is 2.19. The summed E-state index contributed by atoms with van der Waals surface area (Å²) in [4.78, 5) is 33.5. The van der Waals surface area contributed by atoms with E-state index in [1.807, 2.05) is 23.2 Å². The molecule has 2 aromatic rings. The van der Waals surface area contributed by atoms with Crippen molar-refractivity contribution in [1.82, 2.24) is 24.8 Å². The number of hydrogen-bond donors (Lipinski definition) is 2. The lowest BCUT2D eigenvalue weighted by atomic mass is 10.3. The van der Waals surface area contributed by atoms with Crippen LogP contribution in [-0.2, 0) is 11.3 Å². The van der Waals surface area contributed by atoms with Gasteiger partial charge in [0.2, 0.25) is 23.8 Å². The second-order valence-corrected chi connectivity index (χ2v) is 6.93. The number of hydrogen-bond acceptors (Lipinski definition) is 8. The third-order valence-corrected chi connectivity index (χ3v) is 4.90. The Labute approximate surface area is 172 Å². The van der Waals surface area contributed by atoms with E-state index in [0.29, 0.717) is 37.4 Å². The van der Waals surface area contributed by atoms with Crippen molar-refractivity contribution < 1.29 is 4.79 Å². The maximum atomic E-state index is 11.7. The molecule has 0 spiro atoms. The van der Waals surface area contributed by atoms with Crippen molar-refractivity contribution in [3.8, 4) is 0 Å². The molecule has 1 aliphatic heterocycles. The number of carbonyl (C=O) groups excluding carboxylic acids is 1. The van der Waals surface area contributed by atoms with E-state index in [-0.39, 0.29) is 5.91 Å². The van der Waals surface area contributed by atoms with Crippen molar-refractivity contribution in [3.05, 3.63) is 30.1 Å². The van der Waals surface area contributed by atoms with Gasteiger partial charge < -0.3 is 20.4 Å². The molecule has 0 aromatic carbocycles. The van der Waals surface area contributed by atoms with E-state index in [2.05, 4.69) is 49.3 Å². The molecule has 0 aliphatic carbocycles. The average molecular weight is 399 g/mol. The van der Waals surface area contributed by atoms with Crippen LogP contribution in [0.1, 0.15) is 38.7 Å². The molecule has 3 heterocycles. The van der Waals surface area contributed by atoms with Crippen molar-refractivity contribution in [2.24, 2.45) is 0 Å². The molecule has 156 valence electrons. The van der Waals surface area contributed by atoms with Crippen LogP contribution in [-0.4, -0.2) is 63.5 Å². The molecule has 1 amide bonds. The predicted molar refractivity (Wildman–Crippen MR) is 114 cm³/mol. The summed E-state index contributed by atoms with van der Waals surface area (Å²) in [5.74, 6) is 1.98. The largest absolute Gasteiger partial charge is 0.354 e. The Morgan fingerprint density at radius 3 is 2.59 bits per heavy atom. The van der Waals surface area contributed by atoms with Gasteiger partial charge in [-0.1, -0.05) is 6.07 Å². The lowest BCUT2D eigenvalue weighted by Gasteiger charge is -2.20. The van der Waals surface area contributed by atoms with E-state index >= 15 is 0 Å². The summed E-state index contributed by atoms with van der Waals surface area (Å²) in [7, 11) is 0. The minimum Gasteiger partial charge on any atom is -0.354 e. The highest BCUT2D eigenvalue weighted by Crippen LogP contribution is 2.15. The van der Waals surface area contributed by atoms with Crippen LogP contribution in [0.2, 0.25) is 0 Å². The molecule has 0 unspecified atom stereocenters. The van der Waals surface area contributed by atoms with Crippen molar-refractivity contribution in [3.63, 3.8) is 0 Å². The number of likely N-dealkylation sites (tertiary alicyclic amines) is 1. The normalized spacial score (nSPS) is 13.6. The van der Waals surface area contributed by atoms with Crippen LogP contribution in [0, 0.1) is 0 Å². The number of amides is 1. The molecular weight excluding hydrogens is 368 g/mol. The van der Waals surface area contributed by atoms with Gasteiger partial charge in [0.25, 0.3) is 0 Å². The summed E-state index contributed by atoms with van der Waals surface area (Å²) in [5.41, 5.74) is 1.06. The Morgan fingerprint density at radius 1 is 1.14 bits per heavy atom. The van der Waals surface area contributed by atoms with E-state index in [4.69, 9.17) is 0 Å². The van der Waals surface area contributed by atoms with E-state index in [1.54, 1.807) is 6.20 Å². The molecule has 0 atom stereocenters. The van der Waals surface area contributed by atoms with Gasteiger partial charge in [0.15, 0.2) is 0 Å². The fourth-order valence-corrected chi connectivity index (χ4v) is 3.27. The first kappa shape index (κ1) is 20.8. The number of aromatic nitrogens is 4. The zero-order chi connectivity index (χ0) is 20.5. The summed E-state index contributed by atoms with van der Waals surface area (Å²) >= 11 is 0. The number of anilines is 3. The van der Waals surface area contributed by atoms with Crippen LogP contribution in [0.25, 0.3) is 0 Å². The quantitative estimate of drug-likeness (QED) is 0.556. The molecule has 29 heavy (non-hydrogen) atoms. The highest BCUT2D eigenvalue weighted by atomic mass is 16.2. The van der Waals surface area contributed by atoms with E-state index in [0.717, 1.165) is 44.6 Å². The van der Waals surface area contributed by atoms with Crippen molar-refractivity contribution in [2.75, 3.05) is 48.3 Å². The lowest BCUT2D eigenvalue weighted by Crippen LogP contribution is -2.27. The summed E-state index contributed by atoms with van der Waals surface area (Å²) in [6, 6.07) is 3.91. The zero-order valence-electron chi connectivity index (χ0n) is 17.3. The van der Waals surface area contributed by atoms with Gasteiger partial charge in [-0.25, -0.2) is 0 Å². The summed E-state index contributed by atoms with van der Waals surface area (Å²) in [6.45, 7) is 8.73. The highest BCUT2D eigenvalue weighted by molar-refractivity contribution is 5.78. The topological polar surface area (TPSA) is 99.2 Å². The van der Waals surface area contributed by atoms with Crippen LogP contribution >= 0.6 is 0 Å². The molecule has 1 fully saturated rings. The molecule has 0 bridgehead atoms. The van der Waals surface area contributed by atoms with Crippen molar-refractivity contribution in [1.29, 1.82) is 0 Å². The Morgan fingerprint density at radius 2 is 1.93 bits per heavy atom. The van der Waals surface area contributed by atoms with Gasteiger partial charge in [-0.2, -0.15) is 15.0 Å². The molecule has 3 rings (SSSR count). The van der Waals surface area contributed by atoms with Crippen LogP contribution in [0.15, 0.2) is 24.5 Å². The maximum Gasteiger partial charge on any atom is 0.231 e. The van der Waals surface area contributed by atoms with Crippen molar-refractivity contribution in [2.45, 2.75) is 39.7 Å². The number of nitrogens with zero attached hydrogens (tertiary/aromatic N) is 6. The molecule has 2 aromatic heterocycles. The minimum absolute atomic E-state index is 0.260. The number of carbonyl (C=O) groups is 1. The van der Waals surface area contributed by atoms with Crippen LogP contribution in [0.4, 0.5) is 17.8 Å². The second-order valence-electron chi connectivity index (χ2n) is 6.93. The van der Waals surface area contributed by atoms with Crippen LogP contribution < -0.4 is 15.5 Å². The molecule has 0 saturated carbocycles. The third-order valence-electron chi connectivity index (χ3n) is 4.90. The molecule has 9 heteroatoms. The summed E-state index contributed by atoms with van der Waals surface area (Å²) in [5, 5.41) is 6.55. The molecule has 0 radical (unpaired) electrons. The molecule has 1 saturated heterocycles. The second kappa shape index (κ2) is 10.5. The maximum absolute atomic E-state index is 11.7. The number of nitrogens with one attached hydrogen (secondary N) is 2. The van der Waals surface area contributed by atoms with E-state index in [1.165, 1.54) is 0 Å². The molecular formula is C20H30N8O. The monoisotopic (exact) mass is 398 g/mol. The first-order valence-corrected chi connectivity index (χ1v) is 10.3. The fraction of sp³-hybridized carbons (Fsp3) is 0.550. The van der Waals surface area contributed by atoms with Crippen molar-refractivity contribution >= 4 is 23.8 Å². The lowest BCUT2D eigenvalue weighted by molar-refractivity contribution is -0.127. The summed E-state index contributed by atoms with van der Waals surface area (Å²) in [6.07, 6.45) is 6.08. The van der Waals surface area contributed by atoms with E-state index < -0.39 is 0 Å². The first-order valence-electron chi connectivity index (χ1n) is 10.3. The molecule has 1 aliphatic rings. The van der Waals surface area contributed by atoms with Gasteiger partial charge in [-0.05, 0) is 38.3 Å². The molecule has 2 N–H and O–H groups in total. The minimum atomic E-state index is 0.260. The first-order chi connectivity index (χ1) is 14.2. The van der Waals surface area contributed by atoms with Gasteiger partial charge in [0.1, 0.15) is 0 Å². The Kier molecular flexibility index (Phi) is 7.54. The number of pyridine rings is 1. The van der Waals surface area contributed by atoms with Crippen LogP contribution in [0.3, 0.4) is 0 Å². The third kappa shape index (κ3) is 6.00.